The number of rotatable bonds is 5. The number of carbonyl (C=O) groups excluding carboxylic acids is 2. The minimum Gasteiger partial charge on any atom is -0.454 e. The van der Waals surface area contributed by atoms with Crippen LogP contribution in [0.5, 0.6) is 11.5 Å². The van der Waals surface area contributed by atoms with Gasteiger partial charge in [-0.05, 0) is 60.3 Å². The van der Waals surface area contributed by atoms with Gasteiger partial charge in [-0.3, -0.25) is 9.59 Å². The van der Waals surface area contributed by atoms with Gasteiger partial charge in [0.25, 0.3) is 11.8 Å². The smallest absolute Gasteiger partial charge is 0.271 e. The number of fused-ring (bicyclic) bond motifs is 1. The molecule has 2 aliphatic rings. The third-order valence-corrected chi connectivity index (χ3v) is 6.32. The molecule has 4 aromatic carbocycles. The van der Waals surface area contributed by atoms with Crippen LogP contribution < -0.4 is 19.8 Å². The van der Waals surface area contributed by atoms with E-state index in [0.29, 0.717) is 29.3 Å². The van der Waals surface area contributed by atoms with Crippen LogP contribution in [0.15, 0.2) is 84.0 Å². The Hall–Kier alpha value is -4.65. The van der Waals surface area contributed by atoms with Crippen molar-refractivity contribution < 1.29 is 19.1 Å². The number of benzene rings is 4. The molecule has 0 atom stereocenters. The molecule has 0 saturated carbocycles. The van der Waals surface area contributed by atoms with Crippen molar-refractivity contribution in [3.63, 3.8) is 0 Å². The Balaban J connectivity index is 1.15. The van der Waals surface area contributed by atoms with Crippen LogP contribution in [0.3, 0.4) is 0 Å². The van der Waals surface area contributed by atoms with Gasteiger partial charge in [-0.15, -0.1) is 0 Å². The normalized spacial score (nSPS) is 14.0. The van der Waals surface area contributed by atoms with E-state index in [-0.39, 0.29) is 18.6 Å². The van der Waals surface area contributed by atoms with E-state index in [0.717, 1.165) is 33.2 Å². The van der Waals surface area contributed by atoms with Crippen molar-refractivity contribution in [2.45, 2.75) is 13.5 Å². The van der Waals surface area contributed by atoms with Crippen LogP contribution in [0.4, 0.5) is 5.69 Å². The summed E-state index contributed by atoms with van der Waals surface area (Å²) in [5.74, 6) is 1.04. The second-order valence-electron chi connectivity index (χ2n) is 8.48. The van der Waals surface area contributed by atoms with Crippen LogP contribution in [-0.2, 0) is 6.54 Å². The number of carbonyl (C=O) groups is 2. The third-order valence-electron chi connectivity index (χ3n) is 6.32. The summed E-state index contributed by atoms with van der Waals surface area (Å²) in [4.78, 5) is 27.4. The molecule has 0 radical (unpaired) electrons. The fraction of sp³-hybridized carbons (Fsp3) is 0.107. The quantitative estimate of drug-likeness (QED) is 0.338. The number of hydrazone groups is 1. The molecule has 7 nitrogen and oxygen atoms in total. The third kappa shape index (κ3) is 3.67. The molecule has 0 saturated heterocycles. The molecule has 1 N–H and O–H groups in total. The van der Waals surface area contributed by atoms with E-state index in [4.69, 9.17) is 9.47 Å². The molecule has 2 heterocycles. The van der Waals surface area contributed by atoms with Crippen LogP contribution in [0.1, 0.15) is 38.8 Å². The number of nitrogens with zero attached hydrogens (tertiary/aromatic N) is 2. The van der Waals surface area contributed by atoms with E-state index in [1.54, 1.807) is 17.0 Å². The van der Waals surface area contributed by atoms with Gasteiger partial charge in [-0.25, -0.2) is 5.43 Å². The Morgan fingerprint density at radius 2 is 1.69 bits per heavy atom. The van der Waals surface area contributed by atoms with E-state index in [1.807, 2.05) is 73.7 Å². The fourth-order valence-corrected chi connectivity index (χ4v) is 4.47. The predicted octanol–water partition coefficient (Wildman–Crippen LogP) is 4.88. The molecule has 35 heavy (non-hydrogen) atoms. The largest absolute Gasteiger partial charge is 0.454 e. The van der Waals surface area contributed by atoms with E-state index in [1.165, 1.54) is 0 Å². The van der Waals surface area contributed by atoms with Gasteiger partial charge >= 0.3 is 0 Å². The molecule has 0 aliphatic carbocycles. The van der Waals surface area contributed by atoms with Crippen molar-refractivity contribution >= 4 is 34.0 Å². The van der Waals surface area contributed by atoms with E-state index >= 15 is 0 Å². The maximum atomic E-state index is 13.0. The van der Waals surface area contributed by atoms with Crippen LogP contribution in [0.2, 0.25) is 0 Å². The summed E-state index contributed by atoms with van der Waals surface area (Å²) in [5.41, 5.74) is 7.13. The van der Waals surface area contributed by atoms with Gasteiger partial charge in [0, 0.05) is 22.1 Å². The average Bonchev–Trinajstić information content (AvgIpc) is 3.47. The second kappa shape index (κ2) is 8.29. The Labute approximate surface area is 201 Å². The summed E-state index contributed by atoms with van der Waals surface area (Å²) < 4.78 is 10.7. The summed E-state index contributed by atoms with van der Waals surface area (Å²) in [6.07, 6.45) is 0. The monoisotopic (exact) mass is 463 g/mol. The first kappa shape index (κ1) is 20.9. The lowest BCUT2D eigenvalue weighted by Crippen LogP contribution is -2.26. The van der Waals surface area contributed by atoms with Gasteiger partial charge in [0.15, 0.2) is 11.5 Å². The van der Waals surface area contributed by atoms with E-state index in [9.17, 15) is 9.59 Å². The SMILES string of the molecule is C/C(=N/NC(=O)c1ccc(CN2C(=O)c3cccc4cccc2c34)cc1)c1ccc2c(c1)OCO2. The highest BCUT2D eigenvalue weighted by molar-refractivity contribution is 6.24. The van der Waals surface area contributed by atoms with Crippen molar-refractivity contribution in [3.8, 4) is 11.5 Å². The van der Waals surface area contributed by atoms with Crippen LogP contribution >= 0.6 is 0 Å². The molecule has 0 fully saturated rings. The van der Waals surface area contributed by atoms with Crippen molar-refractivity contribution in [3.05, 3.63) is 101 Å². The molecule has 2 aliphatic heterocycles. The minimum absolute atomic E-state index is 0.00745. The van der Waals surface area contributed by atoms with Crippen molar-refractivity contribution in [2.24, 2.45) is 5.10 Å². The van der Waals surface area contributed by atoms with Gasteiger partial charge in [-0.2, -0.15) is 5.10 Å². The number of hydrogen-bond acceptors (Lipinski definition) is 5. The Kier molecular flexibility index (Phi) is 4.95. The lowest BCUT2D eigenvalue weighted by molar-refractivity contribution is 0.0953. The second-order valence-corrected chi connectivity index (χ2v) is 8.48. The standard InChI is InChI=1S/C28H21N3O4/c1-17(21-12-13-24-25(14-21)35-16-34-24)29-30-27(32)20-10-8-18(9-11-20)15-31-23-7-3-5-19-4-2-6-22(26(19)23)28(31)33/h2-14H,15-16H2,1H3,(H,30,32)/b29-17-. The first-order valence-electron chi connectivity index (χ1n) is 11.3. The fourth-order valence-electron chi connectivity index (χ4n) is 4.47. The molecule has 0 spiro atoms. The predicted molar refractivity (Wildman–Crippen MR) is 133 cm³/mol. The summed E-state index contributed by atoms with van der Waals surface area (Å²) in [6.45, 7) is 2.44. The number of anilines is 1. The van der Waals surface area contributed by atoms with E-state index < -0.39 is 0 Å². The minimum atomic E-state index is -0.314. The van der Waals surface area contributed by atoms with Crippen molar-refractivity contribution in [1.29, 1.82) is 0 Å². The summed E-state index contributed by atoms with van der Waals surface area (Å²) in [5, 5.41) is 6.27. The zero-order valence-corrected chi connectivity index (χ0v) is 18.9. The van der Waals surface area contributed by atoms with Crippen molar-refractivity contribution in [2.75, 3.05) is 11.7 Å². The highest BCUT2D eigenvalue weighted by Crippen LogP contribution is 2.38. The topological polar surface area (TPSA) is 80.2 Å². The molecule has 6 rings (SSSR count). The maximum Gasteiger partial charge on any atom is 0.271 e. The molecule has 2 amide bonds. The van der Waals surface area contributed by atoms with Crippen molar-refractivity contribution in [1.82, 2.24) is 5.43 Å². The lowest BCUT2D eigenvalue weighted by atomic mass is 10.1. The average molecular weight is 463 g/mol. The highest BCUT2D eigenvalue weighted by Gasteiger charge is 2.29. The first-order chi connectivity index (χ1) is 17.1. The van der Waals surface area contributed by atoms with Gasteiger partial charge in [0.1, 0.15) is 0 Å². The molecular weight excluding hydrogens is 442 g/mol. The summed E-state index contributed by atoms with van der Waals surface area (Å²) in [7, 11) is 0. The zero-order chi connectivity index (χ0) is 23.9. The van der Waals surface area contributed by atoms with Gasteiger partial charge in [0.2, 0.25) is 6.79 Å². The first-order valence-corrected chi connectivity index (χ1v) is 11.3. The van der Waals surface area contributed by atoms with Crippen LogP contribution in [-0.4, -0.2) is 24.3 Å². The molecular formula is C28H21N3O4. The van der Waals surface area contributed by atoms with Gasteiger partial charge in [-0.1, -0.05) is 36.4 Å². The zero-order valence-electron chi connectivity index (χ0n) is 18.9. The van der Waals surface area contributed by atoms with Gasteiger partial charge < -0.3 is 14.4 Å². The molecule has 0 bridgehead atoms. The van der Waals surface area contributed by atoms with Gasteiger partial charge in [0.05, 0.1) is 17.9 Å². The Morgan fingerprint density at radius 3 is 2.51 bits per heavy atom. The molecule has 0 unspecified atom stereocenters. The molecule has 7 heteroatoms. The number of hydrogen-bond donors (Lipinski definition) is 1. The number of nitrogens with one attached hydrogen (secondary N) is 1. The summed E-state index contributed by atoms with van der Waals surface area (Å²) in [6, 6.07) is 24.5. The summed E-state index contributed by atoms with van der Waals surface area (Å²) >= 11 is 0. The highest BCUT2D eigenvalue weighted by atomic mass is 16.7. The molecule has 4 aromatic rings. The van der Waals surface area contributed by atoms with E-state index in [2.05, 4.69) is 10.5 Å². The number of amides is 2. The number of ether oxygens (including phenoxy) is 2. The maximum absolute atomic E-state index is 13.0. The lowest BCUT2D eigenvalue weighted by Gasteiger charge is -2.18. The van der Waals surface area contributed by atoms with Crippen LogP contribution in [0, 0.1) is 0 Å². The molecule has 172 valence electrons. The van der Waals surface area contributed by atoms with Crippen LogP contribution in [0.25, 0.3) is 10.8 Å². The Bertz CT molecular complexity index is 1520. The Morgan fingerprint density at radius 1 is 0.943 bits per heavy atom. The molecule has 0 aromatic heterocycles.